The Morgan fingerprint density at radius 2 is 1.82 bits per heavy atom. The maximum absolute atomic E-state index is 14.0. The number of rotatable bonds is 9. The van der Waals surface area contributed by atoms with Gasteiger partial charge in [-0.1, -0.05) is 24.3 Å². The van der Waals surface area contributed by atoms with Gasteiger partial charge in [0, 0.05) is 18.0 Å². The Kier molecular flexibility index (Phi) is 8.43. The van der Waals surface area contributed by atoms with Crippen LogP contribution in [0, 0.1) is 11.8 Å². The SMILES string of the molecule is CN(C)CCCNCc1cccc(-c2ccc(O)c3c2C[C@H]2C[C@H]4[C@H](N(C)C)C(O)=C(C(N)=O)C(=O)[C@@]4(O)C(O)=C2C3=O)c1. The summed E-state index contributed by atoms with van der Waals surface area (Å²) in [5.74, 6) is -6.66. The molecule has 11 heteroatoms. The number of aromatic hydroxyl groups is 1. The van der Waals surface area contributed by atoms with E-state index >= 15 is 0 Å². The Bertz CT molecular complexity index is 1590. The maximum Gasteiger partial charge on any atom is 0.255 e. The number of likely N-dealkylation sites (N-methyl/N-ethyl adjacent to an activating group) is 1. The fourth-order valence-corrected chi connectivity index (χ4v) is 7.12. The molecule has 0 aromatic heterocycles. The maximum atomic E-state index is 14.0. The number of Topliss-reactive ketones (excluding diaryl/α,β-unsaturated/α-hetero) is 2. The Morgan fingerprint density at radius 1 is 1.09 bits per heavy atom. The van der Waals surface area contributed by atoms with Gasteiger partial charge in [-0.15, -0.1) is 0 Å². The normalized spacial score (nSPS) is 24.9. The van der Waals surface area contributed by atoms with Gasteiger partial charge in [-0.3, -0.25) is 19.3 Å². The van der Waals surface area contributed by atoms with Crippen LogP contribution >= 0.6 is 0 Å². The van der Waals surface area contributed by atoms with Crippen LogP contribution in [0.5, 0.6) is 5.75 Å². The van der Waals surface area contributed by atoms with Crippen LogP contribution in [-0.2, 0) is 22.6 Å². The van der Waals surface area contributed by atoms with Gasteiger partial charge in [0.15, 0.2) is 11.4 Å². The molecule has 11 nitrogen and oxygen atoms in total. The average molecular weight is 605 g/mol. The minimum absolute atomic E-state index is 0.00417. The number of aliphatic hydroxyl groups excluding tert-OH is 2. The molecule has 44 heavy (non-hydrogen) atoms. The molecule has 3 aliphatic rings. The molecular weight excluding hydrogens is 564 g/mol. The van der Waals surface area contributed by atoms with Crippen LogP contribution in [0.15, 0.2) is 59.1 Å². The Labute approximate surface area is 256 Å². The standard InChI is InChI=1S/C33H40N4O7/c1-36(2)12-6-11-35-16-17-7-5-8-18(13-17)20-9-10-23(38)25-21(20)14-19-15-22-27(37(3)4)29(40)26(32(34)43)31(42)33(22,44)30(41)24(19)28(25)39/h5,7-10,13,19,22,27,35,38,40-41,44H,6,11-12,14-16H2,1-4H3,(H2,34,43)/t19-,22-,27-,33-/m0/s1. The largest absolute Gasteiger partial charge is 0.510 e. The molecule has 3 aliphatic carbocycles. The smallest absolute Gasteiger partial charge is 0.255 e. The van der Waals surface area contributed by atoms with Gasteiger partial charge in [-0.25, -0.2) is 0 Å². The minimum Gasteiger partial charge on any atom is -0.510 e. The topological polar surface area (TPSA) is 177 Å². The number of amides is 1. The number of hydrogen-bond acceptors (Lipinski definition) is 10. The van der Waals surface area contributed by atoms with Gasteiger partial charge >= 0.3 is 0 Å². The van der Waals surface area contributed by atoms with E-state index in [1.165, 1.54) is 11.0 Å². The van der Waals surface area contributed by atoms with E-state index in [2.05, 4.69) is 10.2 Å². The van der Waals surface area contributed by atoms with Crippen LogP contribution in [0.2, 0.25) is 0 Å². The summed E-state index contributed by atoms with van der Waals surface area (Å²) in [6, 6.07) is 10.1. The third-order valence-electron chi connectivity index (χ3n) is 9.13. The molecule has 0 fully saturated rings. The van der Waals surface area contributed by atoms with Crippen molar-refractivity contribution in [1.82, 2.24) is 15.1 Å². The summed E-state index contributed by atoms with van der Waals surface area (Å²) >= 11 is 0. The fraction of sp³-hybridized carbons (Fsp3) is 0.424. The highest BCUT2D eigenvalue weighted by Gasteiger charge is 2.63. The van der Waals surface area contributed by atoms with Crippen molar-refractivity contribution in [3.05, 3.63) is 75.8 Å². The van der Waals surface area contributed by atoms with E-state index in [1.54, 1.807) is 20.2 Å². The summed E-state index contributed by atoms with van der Waals surface area (Å²) in [4.78, 5) is 43.3. The molecule has 0 spiro atoms. The number of nitrogens with two attached hydrogens (primary N) is 1. The molecule has 234 valence electrons. The van der Waals surface area contributed by atoms with Gasteiger partial charge in [0.05, 0.1) is 11.6 Å². The number of benzene rings is 2. The van der Waals surface area contributed by atoms with Crippen LogP contribution in [0.3, 0.4) is 0 Å². The second-order valence-corrected chi connectivity index (χ2v) is 12.5. The number of hydrogen-bond donors (Lipinski definition) is 6. The number of primary amides is 1. The van der Waals surface area contributed by atoms with E-state index in [0.717, 1.165) is 36.2 Å². The number of ketones is 2. The minimum atomic E-state index is -2.66. The van der Waals surface area contributed by atoms with E-state index < -0.39 is 58.0 Å². The first-order chi connectivity index (χ1) is 20.8. The van der Waals surface area contributed by atoms with Crippen molar-refractivity contribution >= 4 is 17.5 Å². The third kappa shape index (κ3) is 5.09. The lowest BCUT2D eigenvalue weighted by molar-refractivity contribution is -0.148. The molecule has 0 aliphatic heterocycles. The van der Waals surface area contributed by atoms with Crippen molar-refractivity contribution in [3.8, 4) is 16.9 Å². The molecule has 1 amide bonds. The van der Waals surface area contributed by atoms with Crippen molar-refractivity contribution in [3.63, 3.8) is 0 Å². The average Bonchev–Trinajstić information content (AvgIpc) is 2.94. The van der Waals surface area contributed by atoms with E-state index in [4.69, 9.17) is 5.73 Å². The third-order valence-corrected chi connectivity index (χ3v) is 9.13. The molecule has 0 radical (unpaired) electrons. The van der Waals surface area contributed by atoms with Crippen LogP contribution in [0.4, 0.5) is 0 Å². The van der Waals surface area contributed by atoms with Crippen molar-refractivity contribution < 1.29 is 34.8 Å². The lowest BCUT2D eigenvalue weighted by Crippen LogP contribution is -2.63. The molecule has 0 saturated carbocycles. The number of carbonyl (C=O) groups is 3. The lowest BCUT2D eigenvalue weighted by Gasteiger charge is -2.50. The molecule has 0 unspecified atom stereocenters. The van der Waals surface area contributed by atoms with Crippen molar-refractivity contribution in [2.24, 2.45) is 17.6 Å². The van der Waals surface area contributed by atoms with Crippen LogP contribution in [-0.4, -0.2) is 101 Å². The van der Waals surface area contributed by atoms with E-state index in [-0.39, 0.29) is 29.7 Å². The highest BCUT2D eigenvalue weighted by molar-refractivity contribution is 6.24. The zero-order valence-electron chi connectivity index (χ0n) is 25.4. The summed E-state index contributed by atoms with van der Waals surface area (Å²) in [6.07, 6.45) is 1.28. The first-order valence-corrected chi connectivity index (χ1v) is 14.7. The van der Waals surface area contributed by atoms with E-state index in [9.17, 15) is 34.8 Å². The number of phenolic OH excluding ortho intramolecular Hbond substituents is 1. The molecule has 0 bridgehead atoms. The summed E-state index contributed by atoms with van der Waals surface area (Å²) in [5.41, 5.74) is 5.00. The van der Waals surface area contributed by atoms with Gasteiger partial charge in [0.2, 0.25) is 5.78 Å². The molecule has 2 aromatic carbocycles. The molecular formula is C33H40N4O7. The van der Waals surface area contributed by atoms with Gasteiger partial charge in [-0.05, 0) is 101 Å². The van der Waals surface area contributed by atoms with Crippen molar-refractivity contribution in [2.75, 3.05) is 41.3 Å². The molecule has 2 aromatic rings. The van der Waals surface area contributed by atoms with Gasteiger partial charge in [-0.2, -0.15) is 0 Å². The Balaban J connectivity index is 1.55. The summed E-state index contributed by atoms with van der Waals surface area (Å²) in [6.45, 7) is 2.51. The van der Waals surface area contributed by atoms with Crippen molar-refractivity contribution in [2.45, 2.75) is 37.5 Å². The monoisotopic (exact) mass is 604 g/mol. The Hall–Kier alpha value is -4.03. The van der Waals surface area contributed by atoms with Crippen LogP contribution < -0.4 is 11.1 Å². The number of allylic oxidation sites excluding steroid dienone is 1. The van der Waals surface area contributed by atoms with Gasteiger partial charge in [0.25, 0.3) is 5.91 Å². The summed E-state index contributed by atoms with van der Waals surface area (Å²) < 4.78 is 0. The highest BCUT2D eigenvalue weighted by Crippen LogP contribution is 2.53. The first-order valence-electron chi connectivity index (χ1n) is 14.7. The molecule has 4 atom stereocenters. The fourth-order valence-electron chi connectivity index (χ4n) is 7.12. The number of nitrogens with zero attached hydrogens (tertiary/aromatic N) is 2. The second kappa shape index (κ2) is 11.8. The highest BCUT2D eigenvalue weighted by atomic mass is 16.3. The molecule has 7 N–H and O–H groups in total. The molecule has 0 saturated heterocycles. The van der Waals surface area contributed by atoms with Gasteiger partial charge < -0.3 is 36.4 Å². The number of phenols is 1. The first kappa shape index (κ1) is 31.4. The summed E-state index contributed by atoms with van der Waals surface area (Å²) in [5, 5.41) is 48.6. The summed E-state index contributed by atoms with van der Waals surface area (Å²) in [7, 11) is 7.29. The predicted molar refractivity (Wildman–Crippen MR) is 164 cm³/mol. The van der Waals surface area contributed by atoms with E-state index in [0.29, 0.717) is 12.1 Å². The number of carbonyl (C=O) groups excluding carboxylic acids is 3. The quantitative estimate of drug-likeness (QED) is 0.183. The zero-order chi connectivity index (χ0) is 32.1. The van der Waals surface area contributed by atoms with Gasteiger partial charge in [0.1, 0.15) is 22.8 Å². The number of fused-ring (bicyclic) bond motifs is 3. The molecule has 0 heterocycles. The van der Waals surface area contributed by atoms with Crippen LogP contribution in [0.25, 0.3) is 11.1 Å². The zero-order valence-corrected chi connectivity index (χ0v) is 25.4. The second-order valence-electron chi connectivity index (χ2n) is 12.5. The number of aliphatic hydroxyl groups is 3. The van der Waals surface area contributed by atoms with Crippen molar-refractivity contribution in [1.29, 1.82) is 0 Å². The molecule has 5 rings (SSSR count). The predicted octanol–water partition coefficient (Wildman–Crippen LogP) is 1.83. The van der Waals surface area contributed by atoms with Crippen LogP contribution in [0.1, 0.15) is 34.3 Å². The number of nitrogens with one attached hydrogen (secondary N) is 1. The Morgan fingerprint density at radius 3 is 2.48 bits per heavy atom. The van der Waals surface area contributed by atoms with E-state index in [1.807, 2.05) is 38.4 Å². The lowest BCUT2D eigenvalue weighted by atomic mass is 9.58.